The summed E-state index contributed by atoms with van der Waals surface area (Å²) in [5.41, 5.74) is 0. The SMILES string of the molecule is CCOC(=O)CNC(=O)N(C)C(C)CO. The Bertz CT molecular complexity index is 220. The molecule has 0 aromatic heterocycles. The van der Waals surface area contributed by atoms with Gasteiger partial charge in [0.25, 0.3) is 0 Å². The van der Waals surface area contributed by atoms with Crippen LogP contribution in [0.3, 0.4) is 0 Å². The molecule has 0 fully saturated rings. The highest BCUT2D eigenvalue weighted by molar-refractivity contribution is 5.80. The van der Waals surface area contributed by atoms with E-state index in [0.29, 0.717) is 0 Å². The van der Waals surface area contributed by atoms with Gasteiger partial charge in [-0.2, -0.15) is 0 Å². The van der Waals surface area contributed by atoms with Crippen molar-refractivity contribution < 1.29 is 19.4 Å². The summed E-state index contributed by atoms with van der Waals surface area (Å²) in [6.45, 7) is 3.40. The van der Waals surface area contributed by atoms with E-state index in [4.69, 9.17) is 5.11 Å². The fourth-order valence-electron chi connectivity index (χ4n) is 0.807. The Balaban J connectivity index is 3.88. The molecule has 1 atom stereocenters. The van der Waals surface area contributed by atoms with E-state index < -0.39 is 12.0 Å². The maximum absolute atomic E-state index is 11.3. The average Bonchev–Trinajstić information content (AvgIpc) is 2.24. The minimum absolute atomic E-state index is 0.122. The van der Waals surface area contributed by atoms with Gasteiger partial charge in [-0.3, -0.25) is 4.79 Å². The van der Waals surface area contributed by atoms with E-state index in [-0.39, 0.29) is 25.8 Å². The predicted octanol–water partition coefficient (Wildman–Crippen LogP) is -0.428. The third kappa shape index (κ3) is 5.21. The highest BCUT2D eigenvalue weighted by Crippen LogP contribution is 1.93. The smallest absolute Gasteiger partial charge is 0.325 e. The maximum Gasteiger partial charge on any atom is 0.325 e. The van der Waals surface area contributed by atoms with Gasteiger partial charge in [-0.25, -0.2) is 4.79 Å². The standard InChI is InChI=1S/C9H18N2O4/c1-4-15-8(13)5-10-9(14)11(3)7(2)6-12/h7,12H,4-6H2,1-3H3,(H,10,14). The Labute approximate surface area is 89.2 Å². The van der Waals surface area contributed by atoms with Gasteiger partial charge in [0.05, 0.1) is 19.3 Å². The quantitative estimate of drug-likeness (QED) is 0.614. The normalized spacial score (nSPS) is 11.7. The monoisotopic (exact) mass is 218 g/mol. The molecule has 6 heteroatoms. The Morgan fingerprint density at radius 2 is 2.13 bits per heavy atom. The van der Waals surface area contributed by atoms with Crippen LogP contribution in [-0.4, -0.2) is 54.9 Å². The predicted molar refractivity (Wildman–Crippen MR) is 54.3 cm³/mol. The highest BCUT2D eigenvalue weighted by atomic mass is 16.5. The van der Waals surface area contributed by atoms with Gasteiger partial charge in [-0.05, 0) is 13.8 Å². The first-order valence-corrected chi connectivity index (χ1v) is 4.80. The Morgan fingerprint density at radius 3 is 2.60 bits per heavy atom. The van der Waals surface area contributed by atoms with Crippen LogP contribution in [0.15, 0.2) is 0 Å². The molecule has 0 heterocycles. The molecule has 0 aromatic rings. The molecular formula is C9H18N2O4. The molecule has 2 amide bonds. The van der Waals surface area contributed by atoms with Crippen LogP contribution in [0.2, 0.25) is 0 Å². The van der Waals surface area contributed by atoms with Crippen LogP contribution >= 0.6 is 0 Å². The van der Waals surface area contributed by atoms with Crippen molar-refractivity contribution in [1.82, 2.24) is 10.2 Å². The van der Waals surface area contributed by atoms with Crippen molar-refractivity contribution >= 4 is 12.0 Å². The summed E-state index contributed by atoms with van der Waals surface area (Å²) in [6.07, 6.45) is 0. The van der Waals surface area contributed by atoms with Crippen molar-refractivity contribution in [3.63, 3.8) is 0 Å². The number of esters is 1. The van der Waals surface area contributed by atoms with Gasteiger partial charge in [0.2, 0.25) is 0 Å². The van der Waals surface area contributed by atoms with Crippen molar-refractivity contribution in [2.75, 3.05) is 26.8 Å². The number of likely N-dealkylation sites (N-methyl/N-ethyl adjacent to an activating group) is 1. The van der Waals surface area contributed by atoms with Crippen LogP contribution < -0.4 is 5.32 Å². The second kappa shape index (κ2) is 7.05. The fraction of sp³-hybridized carbons (Fsp3) is 0.778. The summed E-state index contributed by atoms with van der Waals surface area (Å²) in [7, 11) is 1.54. The van der Waals surface area contributed by atoms with Crippen LogP contribution in [0.5, 0.6) is 0 Å². The molecule has 0 bridgehead atoms. The second-order valence-electron chi connectivity index (χ2n) is 3.11. The number of ether oxygens (including phenoxy) is 1. The zero-order valence-electron chi connectivity index (χ0n) is 9.32. The number of amides is 2. The van der Waals surface area contributed by atoms with Gasteiger partial charge in [-0.1, -0.05) is 0 Å². The lowest BCUT2D eigenvalue weighted by Crippen LogP contribution is -2.45. The van der Waals surface area contributed by atoms with Gasteiger partial charge in [0.1, 0.15) is 6.54 Å². The average molecular weight is 218 g/mol. The number of hydrogen-bond donors (Lipinski definition) is 2. The number of nitrogens with zero attached hydrogens (tertiary/aromatic N) is 1. The van der Waals surface area contributed by atoms with Crippen LogP contribution in [0.4, 0.5) is 4.79 Å². The Kier molecular flexibility index (Phi) is 6.44. The Hall–Kier alpha value is -1.30. The number of carbonyl (C=O) groups excluding carboxylic acids is 2. The molecule has 2 N–H and O–H groups in total. The molecular weight excluding hydrogens is 200 g/mol. The van der Waals surface area contributed by atoms with Crippen LogP contribution in [0.25, 0.3) is 0 Å². The number of aliphatic hydroxyl groups is 1. The van der Waals surface area contributed by atoms with Crippen LogP contribution in [0.1, 0.15) is 13.8 Å². The first-order chi connectivity index (χ1) is 7.02. The lowest BCUT2D eigenvalue weighted by molar-refractivity contribution is -0.141. The van der Waals surface area contributed by atoms with E-state index in [1.54, 1.807) is 20.9 Å². The summed E-state index contributed by atoms with van der Waals surface area (Å²) in [5.74, 6) is -0.476. The van der Waals surface area contributed by atoms with Gasteiger partial charge in [0.15, 0.2) is 0 Å². The topological polar surface area (TPSA) is 78.9 Å². The number of carbonyl (C=O) groups is 2. The summed E-state index contributed by atoms with van der Waals surface area (Å²) in [4.78, 5) is 23.6. The van der Waals surface area contributed by atoms with Gasteiger partial charge in [0, 0.05) is 7.05 Å². The molecule has 0 aliphatic heterocycles. The first kappa shape index (κ1) is 13.7. The Morgan fingerprint density at radius 1 is 1.53 bits per heavy atom. The number of hydrogen-bond acceptors (Lipinski definition) is 4. The third-order valence-electron chi connectivity index (χ3n) is 1.94. The second-order valence-corrected chi connectivity index (χ2v) is 3.11. The van der Waals surface area contributed by atoms with E-state index in [1.807, 2.05) is 0 Å². The summed E-state index contributed by atoms with van der Waals surface area (Å²) < 4.78 is 4.64. The molecule has 0 spiro atoms. The van der Waals surface area contributed by atoms with Crippen molar-refractivity contribution in [1.29, 1.82) is 0 Å². The van der Waals surface area contributed by atoms with Crippen molar-refractivity contribution in [2.45, 2.75) is 19.9 Å². The number of nitrogens with one attached hydrogen (secondary N) is 1. The van der Waals surface area contributed by atoms with Crippen molar-refractivity contribution in [3.05, 3.63) is 0 Å². The number of aliphatic hydroxyl groups excluding tert-OH is 1. The van der Waals surface area contributed by atoms with Crippen LogP contribution in [0, 0.1) is 0 Å². The minimum atomic E-state index is -0.476. The molecule has 88 valence electrons. The zero-order valence-corrected chi connectivity index (χ0v) is 9.32. The van der Waals surface area contributed by atoms with Crippen molar-refractivity contribution in [3.8, 4) is 0 Å². The molecule has 0 saturated carbocycles. The molecule has 0 aliphatic carbocycles. The van der Waals surface area contributed by atoms with Crippen molar-refractivity contribution in [2.24, 2.45) is 0 Å². The molecule has 1 unspecified atom stereocenters. The number of urea groups is 1. The third-order valence-corrected chi connectivity index (χ3v) is 1.94. The zero-order chi connectivity index (χ0) is 11.8. The summed E-state index contributed by atoms with van der Waals surface area (Å²) >= 11 is 0. The van der Waals surface area contributed by atoms with Gasteiger partial charge in [-0.15, -0.1) is 0 Å². The lowest BCUT2D eigenvalue weighted by atomic mass is 10.3. The molecule has 0 aromatic carbocycles. The molecule has 6 nitrogen and oxygen atoms in total. The molecule has 0 saturated heterocycles. The number of rotatable bonds is 5. The van der Waals surface area contributed by atoms with Gasteiger partial charge >= 0.3 is 12.0 Å². The lowest BCUT2D eigenvalue weighted by Gasteiger charge is -2.23. The highest BCUT2D eigenvalue weighted by Gasteiger charge is 2.15. The van der Waals surface area contributed by atoms with E-state index in [2.05, 4.69) is 10.1 Å². The largest absolute Gasteiger partial charge is 0.465 e. The van der Waals surface area contributed by atoms with E-state index in [1.165, 1.54) is 4.90 Å². The van der Waals surface area contributed by atoms with E-state index >= 15 is 0 Å². The van der Waals surface area contributed by atoms with E-state index in [9.17, 15) is 9.59 Å². The summed E-state index contributed by atoms with van der Waals surface area (Å²) in [6, 6.07) is -0.697. The molecule has 0 radical (unpaired) electrons. The molecule has 0 rings (SSSR count). The van der Waals surface area contributed by atoms with Crippen LogP contribution in [-0.2, 0) is 9.53 Å². The van der Waals surface area contributed by atoms with Gasteiger partial charge < -0.3 is 20.1 Å². The fourth-order valence-corrected chi connectivity index (χ4v) is 0.807. The molecule has 0 aliphatic rings. The first-order valence-electron chi connectivity index (χ1n) is 4.80. The minimum Gasteiger partial charge on any atom is -0.465 e. The molecule has 15 heavy (non-hydrogen) atoms. The van der Waals surface area contributed by atoms with E-state index in [0.717, 1.165) is 0 Å². The maximum atomic E-state index is 11.3. The summed E-state index contributed by atoms with van der Waals surface area (Å²) in [5, 5.41) is 11.2.